The molecule has 23 heavy (non-hydrogen) atoms. The maximum absolute atomic E-state index is 12.0. The van der Waals surface area contributed by atoms with Crippen LogP contribution in [0.1, 0.15) is 12.8 Å². The van der Waals surface area contributed by atoms with Gasteiger partial charge in [-0.05, 0) is 18.6 Å². The second-order valence-corrected chi connectivity index (χ2v) is 5.45. The molecule has 2 aromatic rings. The Hall–Kier alpha value is -1.89. The first-order chi connectivity index (χ1) is 11.1. The van der Waals surface area contributed by atoms with E-state index in [9.17, 15) is 4.79 Å². The minimum absolute atomic E-state index is 0.0663. The van der Waals surface area contributed by atoms with E-state index in [-0.39, 0.29) is 12.5 Å². The number of benzene rings is 1. The van der Waals surface area contributed by atoms with Crippen LogP contribution in [0.3, 0.4) is 0 Å². The molecule has 1 aromatic carbocycles. The number of anilines is 1. The number of nitrogens with zero attached hydrogens (tertiary/aromatic N) is 2. The first-order valence-corrected chi connectivity index (χ1v) is 7.75. The molecule has 0 aliphatic heterocycles. The molecule has 0 bridgehead atoms. The monoisotopic (exact) mass is 337 g/mol. The van der Waals surface area contributed by atoms with Gasteiger partial charge >= 0.3 is 0 Å². The summed E-state index contributed by atoms with van der Waals surface area (Å²) in [6.45, 7) is 0.772. The van der Waals surface area contributed by atoms with Crippen molar-refractivity contribution in [2.75, 3.05) is 25.6 Å². The lowest BCUT2D eigenvalue weighted by Gasteiger charge is -2.07. The van der Waals surface area contributed by atoms with Crippen molar-refractivity contribution in [1.29, 1.82) is 0 Å². The number of methoxy groups -OCH3 is 1. The molecule has 0 radical (unpaired) electrons. The number of halogens is 1. The Morgan fingerprint density at radius 1 is 1.43 bits per heavy atom. The van der Waals surface area contributed by atoms with E-state index in [1.54, 1.807) is 30.0 Å². The van der Waals surface area contributed by atoms with Crippen molar-refractivity contribution >= 4 is 23.3 Å². The SMILES string of the molecule is COCCCC(=O)Nc1cc(-c2cccc(Cl)c2)nn1CCO. The molecule has 1 aromatic heterocycles. The van der Waals surface area contributed by atoms with E-state index in [0.29, 0.717) is 42.5 Å². The van der Waals surface area contributed by atoms with E-state index < -0.39 is 0 Å². The highest BCUT2D eigenvalue weighted by atomic mass is 35.5. The standard InChI is InChI=1S/C16H20ClN3O3/c1-23-9-3-6-16(22)18-15-11-14(19-20(15)7-8-21)12-4-2-5-13(17)10-12/h2,4-5,10-11,21H,3,6-9H2,1H3,(H,18,22). The number of aliphatic hydroxyl groups is 1. The van der Waals surface area contributed by atoms with Crippen LogP contribution in [0.25, 0.3) is 11.3 Å². The normalized spacial score (nSPS) is 10.7. The Morgan fingerprint density at radius 3 is 2.96 bits per heavy atom. The first kappa shape index (κ1) is 17.5. The van der Waals surface area contributed by atoms with E-state index in [4.69, 9.17) is 21.4 Å². The molecule has 0 unspecified atom stereocenters. The lowest BCUT2D eigenvalue weighted by molar-refractivity contribution is -0.116. The summed E-state index contributed by atoms with van der Waals surface area (Å²) in [5.74, 6) is 0.440. The van der Waals surface area contributed by atoms with Crippen LogP contribution >= 0.6 is 11.6 Å². The molecular weight excluding hydrogens is 318 g/mol. The summed E-state index contributed by atoms with van der Waals surface area (Å²) in [5, 5.41) is 17.0. The maximum atomic E-state index is 12.0. The van der Waals surface area contributed by atoms with Crippen LogP contribution in [-0.4, -0.2) is 41.1 Å². The zero-order valence-corrected chi connectivity index (χ0v) is 13.7. The third-order valence-electron chi connectivity index (χ3n) is 3.23. The van der Waals surface area contributed by atoms with Crippen LogP contribution in [0.2, 0.25) is 5.02 Å². The van der Waals surface area contributed by atoms with Crippen LogP contribution in [0.4, 0.5) is 5.82 Å². The molecule has 7 heteroatoms. The van der Waals surface area contributed by atoms with Gasteiger partial charge in [-0.3, -0.25) is 4.79 Å². The zero-order valence-electron chi connectivity index (χ0n) is 13.0. The molecule has 0 atom stereocenters. The lowest BCUT2D eigenvalue weighted by atomic mass is 10.1. The van der Waals surface area contributed by atoms with Crippen molar-refractivity contribution in [3.05, 3.63) is 35.4 Å². The van der Waals surface area contributed by atoms with Crippen LogP contribution in [0.15, 0.2) is 30.3 Å². The Balaban J connectivity index is 2.16. The number of rotatable bonds is 8. The Kier molecular flexibility index (Phi) is 6.58. The molecule has 2 N–H and O–H groups in total. The summed E-state index contributed by atoms with van der Waals surface area (Å²) >= 11 is 6.00. The van der Waals surface area contributed by atoms with Crippen LogP contribution in [0.5, 0.6) is 0 Å². The van der Waals surface area contributed by atoms with Gasteiger partial charge in [-0.1, -0.05) is 23.7 Å². The molecule has 0 aliphatic rings. The Labute approximate surface area is 140 Å². The first-order valence-electron chi connectivity index (χ1n) is 7.37. The van der Waals surface area contributed by atoms with Crippen molar-refractivity contribution in [3.8, 4) is 11.3 Å². The molecule has 124 valence electrons. The van der Waals surface area contributed by atoms with Crippen LogP contribution < -0.4 is 5.32 Å². The molecule has 0 aliphatic carbocycles. The number of hydrogen-bond acceptors (Lipinski definition) is 4. The van der Waals surface area contributed by atoms with Gasteiger partial charge in [0.2, 0.25) is 5.91 Å². The summed E-state index contributed by atoms with van der Waals surface area (Å²) in [7, 11) is 1.60. The van der Waals surface area contributed by atoms with Crippen LogP contribution in [0, 0.1) is 0 Å². The van der Waals surface area contributed by atoms with Gasteiger partial charge in [0.1, 0.15) is 5.82 Å². The molecule has 1 heterocycles. The van der Waals surface area contributed by atoms with Gasteiger partial charge in [-0.15, -0.1) is 0 Å². The van der Waals surface area contributed by atoms with Gasteiger partial charge in [0.15, 0.2) is 0 Å². The van der Waals surface area contributed by atoms with Gasteiger partial charge < -0.3 is 15.2 Å². The molecule has 0 saturated carbocycles. The smallest absolute Gasteiger partial charge is 0.225 e. The molecule has 6 nitrogen and oxygen atoms in total. The van der Waals surface area contributed by atoms with E-state index in [2.05, 4.69) is 10.4 Å². The summed E-state index contributed by atoms with van der Waals surface area (Å²) in [5.41, 5.74) is 1.54. The second-order valence-electron chi connectivity index (χ2n) is 5.02. The number of ether oxygens (including phenoxy) is 1. The lowest BCUT2D eigenvalue weighted by Crippen LogP contribution is -2.16. The van der Waals surface area contributed by atoms with E-state index in [1.165, 1.54) is 0 Å². The predicted octanol–water partition coefficient (Wildman–Crippen LogP) is 2.56. The Morgan fingerprint density at radius 2 is 2.26 bits per heavy atom. The van der Waals surface area contributed by atoms with E-state index >= 15 is 0 Å². The number of nitrogens with one attached hydrogen (secondary N) is 1. The second kappa shape index (κ2) is 8.67. The van der Waals surface area contributed by atoms with Crippen molar-refractivity contribution in [1.82, 2.24) is 9.78 Å². The van der Waals surface area contributed by atoms with Crippen molar-refractivity contribution in [3.63, 3.8) is 0 Å². The third-order valence-corrected chi connectivity index (χ3v) is 3.47. The molecule has 0 fully saturated rings. The van der Waals surface area contributed by atoms with Crippen LogP contribution in [-0.2, 0) is 16.1 Å². The van der Waals surface area contributed by atoms with E-state index in [0.717, 1.165) is 5.56 Å². The number of aromatic nitrogens is 2. The van der Waals surface area contributed by atoms with E-state index in [1.807, 2.05) is 12.1 Å². The molecule has 1 amide bonds. The highest BCUT2D eigenvalue weighted by molar-refractivity contribution is 6.30. The van der Waals surface area contributed by atoms with Crippen molar-refractivity contribution in [2.45, 2.75) is 19.4 Å². The number of carbonyl (C=O) groups excluding carboxylic acids is 1. The van der Waals surface area contributed by atoms with Crippen molar-refractivity contribution in [2.24, 2.45) is 0 Å². The van der Waals surface area contributed by atoms with Gasteiger partial charge in [0, 0.05) is 36.8 Å². The highest BCUT2D eigenvalue weighted by Gasteiger charge is 2.12. The third kappa shape index (κ3) is 5.06. The van der Waals surface area contributed by atoms with Gasteiger partial charge in [0.05, 0.1) is 18.8 Å². The average molecular weight is 338 g/mol. The minimum Gasteiger partial charge on any atom is -0.394 e. The number of hydrogen-bond donors (Lipinski definition) is 2. The summed E-state index contributed by atoms with van der Waals surface area (Å²) < 4.78 is 6.51. The highest BCUT2D eigenvalue weighted by Crippen LogP contribution is 2.24. The fraction of sp³-hybridized carbons (Fsp3) is 0.375. The molecule has 2 rings (SSSR count). The van der Waals surface area contributed by atoms with Crippen molar-refractivity contribution < 1.29 is 14.6 Å². The summed E-state index contributed by atoms with van der Waals surface area (Å²) in [6, 6.07) is 9.09. The fourth-order valence-corrected chi connectivity index (χ4v) is 2.34. The average Bonchev–Trinajstić information content (AvgIpc) is 2.91. The number of carbonyl (C=O) groups is 1. The Bertz CT molecular complexity index is 658. The topological polar surface area (TPSA) is 76.4 Å². The van der Waals surface area contributed by atoms with Gasteiger partial charge in [-0.2, -0.15) is 5.10 Å². The zero-order chi connectivity index (χ0) is 16.7. The quantitative estimate of drug-likeness (QED) is 0.726. The fourth-order valence-electron chi connectivity index (χ4n) is 2.15. The largest absolute Gasteiger partial charge is 0.394 e. The summed E-state index contributed by atoms with van der Waals surface area (Å²) in [6.07, 6.45) is 1.02. The number of aliphatic hydroxyl groups excluding tert-OH is 1. The predicted molar refractivity (Wildman–Crippen MR) is 89.5 cm³/mol. The minimum atomic E-state index is -0.112. The molecule has 0 saturated heterocycles. The molecule has 0 spiro atoms. The summed E-state index contributed by atoms with van der Waals surface area (Å²) in [4.78, 5) is 12.0. The van der Waals surface area contributed by atoms with Gasteiger partial charge in [0.25, 0.3) is 0 Å². The van der Waals surface area contributed by atoms with Gasteiger partial charge in [-0.25, -0.2) is 4.68 Å². The number of amides is 1. The molecular formula is C16H20ClN3O3. The maximum Gasteiger partial charge on any atom is 0.225 e.